The number of aromatic amines is 1. The molecule has 168 valence electrons. The van der Waals surface area contributed by atoms with E-state index in [1.54, 1.807) is 18.2 Å². The molecule has 1 aliphatic heterocycles. The molecule has 4 rings (SSSR count). The second kappa shape index (κ2) is 10.6. The van der Waals surface area contributed by atoms with Crippen molar-refractivity contribution in [3.8, 4) is 11.5 Å². The molecule has 9 nitrogen and oxygen atoms in total. The van der Waals surface area contributed by atoms with E-state index in [-0.39, 0.29) is 12.0 Å². The van der Waals surface area contributed by atoms with Crippen molar-refractivity contribution in [2.75, 3.05) is 23.8 Å². The normalized spacial score (nSPS) is 14.7. The van der Waals surface area contributed by atoms with E-state index in [0.717, 1.165) is 17.9 Å². The molecule has 0 radical (unpaired) electrons. The van der Waals surface area contributed by atoms with Gasteiger partial charge in [-0.3, -0.25) is 4.79 Å². The number of nitrogens with one attached hydrogen (secondary N) is 3. The molecular formula is C23H28N6O3. The summed E-state index contributed by atoms with van der Waals surface area (Å²) < 4.78 is 11.9. The van der Waals surface area contributed by atoms with Crippen LogP contribution in [0.15, 0.2) is 42.5 Å². The molecular weight excluding hydrogens is 408 g/mol. The maximum Gasteiger partial charge on any atom is 0.255 e. The minimum Gasteiger partial charge on any atom is -0.494 e. The lowest BCUT2D eigenvalue weighted by Crippen LogP contribution is -2.25. The first-order valence-electron chi connectivity index (χ1n) is 11.1. The van der Waals surface area contributed by atoms with Crippen LogP contribution >= 0.6 is 0 Å². The molecule has 0 spiro atoms. The average molecular weight is 437 g/mol. The zero-order chi connectivity index (χ0) is 22.2. The van der Waals surface area contributed by atoms with Gasteiger partial charge in [-0.2, -0.15) is 0 Å². The van der Waals surface area contributed by atoms with Crippen molar-refractivity contribution in [1.29, 1.82) is 0 Å². The van der Waals surface area contributed by atoms with Crippen LogP contribution in [0.4, 0.5) is 11.4 Å². The zero-order valence-corrected chi connectivity index (χ0v) is 18.1. The second-order valence-corrected chi connectivity index (χ2v) is 7.70. The largest absolute Gasteiger partial charge is 0.494 e. The van der Waals surface area contributed by atoms with Crippen molar-refractivity contribution in [2.24, 2.45) is 0 Å². The number of aromatic nitrogens is 4. The smallest absolute Gasteiger partial charge is 0.255 e. The Labute approximate surface area is 186 Å². The minimum absolute atomic E-state index is 0.225. The summed E-state index contributed by atoms with van der Waals surface area (Å²) in [7, 11) is 0. The maximum absolute atomic E-state index is 12.8. The van der Waals surface area contributed by atoms with Gasteiger partial charge in [-0.05, 0) is 53.2 Å². The monoisotopic (exact) mass is 436 g/mol. The summed E-state index contributed by atoms with van der Waals surface area (Å²) >= 11 is 0. The number of benzene rings is 2. The number of tetrazole rings is 1. The number of hydrogen-bond donors (Lipinski definition) is 3. The lowest BCUT2D eigenvalue weighted by atomic mass is 10.1. The highest BCUT2D eigenvalue weighted by molar-refractivity contribution is 6.05. The quantitative estimate of drug-likeness (QED) is 0.405. The van der Waals surface area contributed by atoms with Gasteiger partial charge in [0, 0.05) is 5.56 Å². The fourth-order valence-corrected chi connectivity index (χ4v) is 3.54. The van der Waals surface area contributed by atoms with Crippen LogP contribution in [0.3, 0.4) is 0 Å². The Bertz CT molecular complexity index is 1010. The number of H-pyrrole nitrogens is 1. The molecule has 0 bridgehead atoms. The van der Waals surface area contributed by atoms with Gasteiger partial charge in [0.1, 0.15) is 5.75 Å². The highest BCUT2D eigenvalue weighted by Gasteiger charge is 2.26. The summed E-state index contributed by atoms with van der Waals surface area (Å²) in [6.45, 7) is 3.41. The number of unbranched alkanes of at least 4 members (excludes halogenated alkanes) is 4. The van der Waals surface area contributed by atoms with Crippen LogP contribution in [-0.2, 0) is 0 Å². The molecule has 2 aromatic carbocycles. The van der Waals surface area contributed by atoms with E-state index in [1.807, 2.05) is 24.3 Å². The molecule has 0 saturated carbocycles. The Kier molecular flexibility index (Phi) is 7.16. The van der Waals surface area contributed by atoms with Gasteiger partial charge in [0.15, 0.2) is 17.7 Å². The highest BCUT2D eigenvalue weighted by atomic mass is 16.5. The van der Waals surface area contributed by atoms with Gasteiger partial charge in [0.25, 0.3) is 5.91 Å². The zero-order valence-electron chi connectivity index (χ0n) is 18.1. The predicted octanol–water partition coefficient (Wildman–Crippen LogP) is 4.35. The molecule has 1 aliphatic rings. The van der Waals surface area contributed by atoms with Crippen LogP contribution in [0.2, 0.25) is 0 Å². The van der Waals surface area contributed by atoms with E-state index < -0.39 is 0 Å². The maximum atomic E-state index is 12.8. The van der Waals surface area contributed by atoms with E-state index >= 15 is 0 Å². The topological polar surface area (TPSA) is 114 Å². The third-order valence-corrected chi connectivity index (χ3v) is 5.30. The van der Waals surface area contributed by atoms with Crippen molar-refractivity contribution >= 4 is 17.3 Å². The fraction of sp³-hybridized carbons (Fsp3) is 0.391. The molecule has 1 aromatic heterocycles. The second-order valence-electron chi connectivity index (χ2n) is 7.70. The van der Waals surface area contributed by atoms with E-state index in [0.29, 0.717) is 36.0 Å². The third kappa shape index (κ3) is 5.35. The number of ether oxygens (including phenoxy) is 2. The Morgan fingerprint density at radius 1 is 1.16 bits per heavy atom. The first-order valence-corrected chi connectivity index (χ1v) is 11.1. The number of hydrogen-bond acceptors (Lipinski definition) is 7. The van der Waals surface area contributed by atoms with E-state index in [2.05, 4.69) is 38.2 Å². The summed E-state index contributed by atoms with van der Waals surface area (Å²) in [5.41, 5.74) is 1.91. The Hall–Kier alpha value is -3.62. The number of carbonyl (C=O) groups excluding carboxylic acids is 1. The Morgan fingerprint density at radius 2 is 2.00 bits per heavy atom. The minimum atomic E-state index is -0.381. The number of para-hydroxylation sites is 1. The number of carbonyl (C=O) groups is 1. The third-order valence-electron chi connectivity index (χ3n) is 5.30. The number of nitrogens with zero attached hydrogens (tertiary/aromatic N) is 3. The molecule has 0 saturated heterocycles. The van der Waals surface area contributed by atoms with Crippen LogP contribution in [0, 0.1) is 0 Å². The first-order chi connectivity index (χ1) is 15.7. The molecule has 9 heteroatoms. The lowest BCUT2D eigenvalue weighted by molar-refractivity contribution is 0.102. The fourth-order valence-electron chi connectivity index (χ4n) is 3.54. The molecule has 1 amide bonds. The molecule has 1 atom stereocenters. The predicted molar refractivity (Wildman–Crippen MR) is 121 cm³/mol. The SMILES string of the molecule is CCCCCCCOc1ccc(C(=O)Nc2cccc3c2OC(c2nnn[nH]2)CN3)cc1. The van der Waals surface area contributed by atoms with Crippen LogP contribution in [0.1, 0.15) is 61.3 Å². The average Bonchev–Trinajstić information content (AvgIpc) is 3.37. The van der Waals surface area contributed by atoms with Gasteiger partial charge >= 0.3 is 0 Å². The van der Waals surface area contributed by atoms with Gasteiger partial charge in [-0.1, -0.05) is 38.7 Å². The van der Waals surface area contributed by atoms with Crippen molar-refractivity contribution < 1.29 is 14.3 Å². The van der Waals surface area contributed by atoms with Crippen molar-refractivity contribution in [3.63, 3.8) is 0 Å². The Morgan fingerprint density at radius 3 is 2.78 bits per heavy atom. The molecule has 3 aromatic rings. The standard InChI is InChI=1S/C23H28N6O3/c1-2-3-4-5-6-14-31-17-12-10-16(11-13-17)23(30)25-19-9-7-8-18-21(19)32-20(15-24-18)22-26-28-29-27-22/h7-13,20,24H,2-6,14-15H2,1H3,(H,25,30)(H,26,27,28,29). The Balaban J connectivity index is 1.35. The summed E-state index contributed by atoms with van der Waals surface area (Å²) in [5.74, 6) is 1.61. The number of rotatable bonds is 10. The molecule has 3 N–H and O–H groups in total. The van der Waals surface area contributed by atoms with Crippen LogP contribution < -0.4 is 20.1 Å². The van der Waals surface area contributed by atoms with Crippen LogP contribution in [0.25, 0.3) is 0 Å². The van der Waals surface area contributed by atoms with Crippen molar-refractivity contribution in [1.82, 2.24) is 20.6 Å². The molecule has 1 unspecified atom stereocenters. The molecule has 32 heavy (non-hydrogen) atoms. The van der Waals surface area contributed by atoms with Crippen molar-refractivity contribution in [2.45, 2.75) is 45.1 Å². The summed E-state index contributed by atoms with van der Waals surface area (Å²) in [6, 6.07) is 12.7. The molecule has 0 aliphatic carbocycles. The van der Waals surface area contributed by atoms with E-state index in [1.165, 1.54) is 25.7 Å². The summed E-state index contributed by atoms with van der Waals surface area (Å²) in [4.78, 5) is 12.8. The summed E-state index contributed by atoms with van der Waals surface area (Å²) in [5, 5.41) is 20.1. The van der Waals surface area contributed by atoms with Gasteiger partial charge in [0.2, 0.25) is 0 Å². The number of anilines is 2. The highest BCUT2D eigenvalue weighted by Crippen LogP contribution is 2.39. The molecule has 0 fully saturated rings. The van der Waals surface area contributed by atoms with E-state index in [4.69, 9.17) is 9.47 Å². The van der Waals surface area contributed by atoms with Crippen molar-refractivity contribution in [3.05, 3.63) is 53.9 Å². The van der Waals surface area contributed by atoms with Crippen LogP contribution in [-0.4, -0.2) is 39.7 Å². The van der Waals surface area contributed by atoms with Gasteiger partial charge in [-0.25, -0.2) is 5.10 Å². The molecule has 2 heterocycles. The van der Waals surface area contributed by atoms with Gasteiger partial charge in [0.05, 0.1) is 24.5 Å². The first kappa shape index (κ1) is 21.6. The number of amides is 1. The van der Waals surface area contributed by atoms with E-state index in [9.17, 15) is 4.79 Å². The van der Waals surface area contributed by atoms with Crippen LogP contribution in [0.5, 0.6) is 11.5 Å². The summed E-state index contributed by atoms with van der Waals surface area (Å²) in [6.07, 6.45) is 5.60. The number of fused-ring (bicyclic) bond motifs is 1. The van der Waals surface area contributed by atoms with Gasteiger partial charge < -0.3 is 20.1 Å². The lowest BCUT2D eigenvalue weighted by Gasteiger charge is -2.27. The van der Waals surface area contributed by atoms with Gasteiger partial charge in [-0.15, -0.1) is 5.10 Å².